The second kappa shape index (κ2) is 10.7. The van der Waals surface area contributed by atoms with E-state index < -0.39 is 18.0 Å². The number of urea groups is 1. The molecule has 0 saturated carbocycles. The standard InChI is InChI=1S/C21H24N2O6/c1-14-5-8-16(9-6-14)29-12-4-11-22-21(26)23-18-13-15(19(24)27-2)7-10-17(18)20(25)28-3/h5-10,13H,4,11-12H2,1-3H3,(H2,22,23,26). The van der Waals surface area contributed by atoms with Crippen molar-refractivity contribution < 1.29 is 28.6 Å². The first-order chi connectivity index (χ1) is 13.9. The number of carbonyl (C=O) groups excluding carboxylic acids is 3. The van der Waals surface area contributed by atoms with E-state index >= 15 is 0 Å². The number of amides is 2. The topological polar surface area (TPSA) is 103 Å². The van der Waals surface area contributed by atoms with Crippen LogP contribution in [0.3, 0.4) is 0 Å². The fraction of sp³-hybridized carbons (Fsp3) is 0.286. The summed E-state index contributed by atoms with van der Waals surface area (Å²) in [6.07, 6.45) is 0.591. The molecule has 0 radical (unpaired) electrons. The first-order valence-electron chi connectivity index (χ1n) is 8.99. The summed E-state index contributed by atoms with van der Waals surface area (Å²) >= 11 is 0. The minimum absolute atomic E-state index is 0.123. The number of esters is 2. The van der Waals surface area contributed by atoms with Gasteiger partial charge in [-0.2, -0.15) is 0 Å². The molecule has 0 bridgehead atoms. The van der Waals surface area contributed by atoms with Gasteiger partial charge in [-0.3, -0.25) is 0 Å². The second-order valence-corrected chi connectivity index (χ2v) is 6.14. The third-order valence-corrected chi connectivity index (χ3v) is 3.99. The molecule has 8 nitrogen and oxygen atoms in total. The summed E-state index contributed by atoms with van der Waals surface area (Å²) in [5.41, 5.74) is 1.62. The highest BCUT2D eigenvalue weighted by Crippen LogP contribution is 2.19. The maximum atomic E-state index is 12.2. The van der Waals surface area contributed by atoms with Crippen molar-refractivity contribution >= 4 is 23.7 Å². The minimum atomic E-state index is -0.636. The molecule has 2 aromatic carbocycles. The number of rotatable bonds is 8. The van der Waals surface area contributed by atoms with Gasteiger partial charge in [0.1, 0.15) is 5.75 Å². The molecule has 2 rings (SSSR count). The van der Waals surface area contributed by atoms with E-state index in [-0.39, 0.29) is 16.8 Å². The molecule has 0 saturated heterocycles. The molecule has 0 fully saturated rings. The predicted molar refractivity (Wildman–Crippen MR) is 107 cm³/mol. The van der Waals surface area contributed by atoms with Crippen molar-refractivity contribution in [3.63, 3.8) is 0 Å². The van der Waals surface area contributed by atoms with Gasteiger partial charge >= 0.3 is 18.0 Å². The van der Waals surface area contributed by atoms with Gasteiger partial charge in [-0.25, -0.2) is 14.4 Å². The van der Waals surface area contributed by atoms with Crippen molar-refractivity contribution in [2.45, 2.75) is 13.3 Å². The maximum Gasteiger partial charge on any atom is 0.339 e. The SMILES string of the molecule is COC(=O)c1ccc(C(=O)OC)c(NC(=O)NCCCOc2ccc(C)cc2)c1. The Labute approximate surface area is 169 Å². The summed E-state index contributed by atoms with van der Waals surface area (Å²) in [5.74, 6) is -0.455. The average Bonchev–Trinajstić information content (AvgIpc) is 2.73. The minimum Gasteiger partial charge on any atom is -0.494 e. The van der Waals surface area contributed by atoms with Crippen molar-refractivity contribution in [3.05, 3.63) is 59.2 Å². The van der Waals surface area contributed by atoms with Gasteiger partial charge in [0.2, 0.25) is 0 Å². The number of anilines is 1. The molecule has 0 aliphatic rings. The van der Waals surface area contributed by atoms with E-state index in [9.17, 15) is 14.4 Å². The number of methoxy groups -OCH3 is 2. The number of aryl methyl sites for hydroxylation is 1. The van der Waals surface area contributed by atoms with E-state index in [1.54, 1.807) is 0 Å². The van der Waals surface area contributed by atoms with Crippen LogP contribution < -0.4 is 15.4 Å². The highest BCUT2D eigenvalue weighted by molar-refractivity contribution is 6.03. The second-order valence-electron chi connectivity index (χ2n) is 6.14. The summed E-state index contributed by atoms with van der Waals surface area (Å²) in [7, 11) is 2.48. The van der Waals surface area contributed by atoms with Crippen LogP contribution in [0.2, 0.25) is 0 Å². The van der Waals surface area contributed by atoms with Gasteiger partial charge < -0.3 is 24.8 Å². The predicted octanol–water partition coefficient (Wildman–Crippen LogP) is 3.16. The summed E-state index contributed by atoms with van der Waals surface area (Å²) in [4.78, 5) is 35.8. The molecule has 0 spiro atoms. The maximum absolute atomic E-state index is 12.2. The fourth-order valence-electron chi connectivity index (χ4n) is 2.45. The first kappa shape index (κ1) is 21.7. The largest absolute Gasteiger partial charge is 0.494 e. The lowest BCUT2D eigenvalue weighted by atomic mass is 10.1. The van der Waals surface area contributed by atoms with E-state index in [2.05, 4.69) is 15.4 Å². The van der Waals surface area contributed by atoms with Crippen LogP contribution in [-0.2, 0) is 9.47 Å². The smallest absolute Gasteiger partial charge is 0.339 e. The van der Waals surface area contributed by atoms with Gasteiger partial charge in [-0.05, 0) is 43.7 Å². The summed E-state index contributed by atoms with van der Waals surface area (Å²) < 4.78 is 15.0. The molecule has 0 unspecified atom stereocenters. The zero-order valence-electron chi connectivity index (χ0n) is 16.6. The third-order valence-electron chi connectivity index (χ3n) is 3.99. The average molecular weight is 400 g/mol. The quantitative estimate of drug-likeness (QED) is 0.521. The van der Waals surface area contributed by atoms with E-state index in [0.29, 0.717) is 19.6 Å². The molecule has 2 N–H and O–H groups in total. The first-order valence-corrected chi connectivity index (χ1v) is 8.99. The van der Waals surface area contributed by atoms with Crippen LogP contribution in [0.25, 0.3) is 0 Å². The molecular formula is C21H24N2O6. The molecule has 29 heavy (non-hydrogen) atoms. The van der Waals surface area contributed by atoms with Crippen molar-refractivity contribution in [1.29, 1.82) is 0 Å². The molecule has 154 valence electrons. The van der Waals surface area contributed by atoms with E-state index in [1.807, 2.05) is 31.2 Å². The number of hydrogen-bond donors (Lipinski definition) is 2. The zero-order valence-corrected chi connectivity index (χ0v) is 16.6. The molecule has 2 amide bonds. The van der Waals surface area contributed by atoms with Crippen LogP contribution in [0.15, 0.2) is 42.5 Å². The van der Waals surface area contributed by atoms with Crippen LogP contribution in [-0.4, -0.2) is 45.3 Å². The van der Waals surface area contributed by atoms with Crippen molar-refractivity contribution in [1.82, 2.24) is 5.32 Å². The highest BCUT2D eigenvalue weighted by Gasteiger charge is 2.17. The monoisotopic (exact) mass is 400 g/mol. The van der Waals surface area contributed by atoms with Crippen LogP contribution in [0.1, 0.15) is 32.7 Å². The van der Waals surface area contributed by atoms with E-state index in [4.69, 9.17) is 9.47 Å². The van der Waals surface area contributed by atoms with Crippen molar-refractivity contribution in [3.8, 4) is 5.75 Å². The van der Waals surface area contributed by atoms with Crippen LogP contribution in [0.4, 0.5) is 10.5 Å². The van der Waals surface area contributed by atoms with Crippen LogP contribution >= 0.6 is 0 Å². The van der Waals surface area contributed by atoms with Gasteiger partial charge in [-0.1, -0.05) is 17.7 Å². The number of carbonyl (C=O) groups is 3. The Hall–Kier alpha value is -3.55. The van der Waals surface area contributed by atoms with E-state index in [0.717, 1.165) is 11.3 Å². The Morgan fingerprint density at radius 2 is 1.62 bits per heavy atom. The Kier molecular flexibility index (Phi) is 8.02. The van der Waals surface area contributed by atoms with Gasteiger partial charge in [0.05, 0.1) is 37.6 Å². The fourth-order valence-corrected chi connectivity index (χ4v) is 2.45. The van der Waals surface area contributed by atoms with Gasteiger partial charge in [0.25, 0.3) is 0 Å². The van der Waals surface area contributed by atoms with Gasteiger partial charge in [0.15, 0.2) is 0 Å². The Morgan fingerprint density at radius 3 is 2.28 bits per heavy atom. The Morgan fingerprint density at radius 1 is 0.931 bits per heavy atom. The molecule has 0 aromatic heterocycles. The Bertz CT molecular complexity index is 864. The van der Waals surface area contributed by atoms with Crippen LogP contribution in [0.5, 0.6) is 5.75 Å². The lowest BCUT2D eigenvalue weighted by Gasteiger charge is -2.12. The molecule has 0 atom stereocenters. The number of hydrogen-bond acceptors (Lipinski definition) is 6. The van der Waals surface area contributed by atoms with Crippen LogP contribution in [0, 0.1) is 6.92 Å². The Balaban J connectivity index is 1.88. The molecular weight excluding hydrogens is 376 g/mol. The molecule has 0 heterocycles. The number of ether oxygens (including phenoxy) is 3. The van der Waals surface area contributed by atoms with Crippen molar-refractivity contribution in [2.24, 2.45) is 0 Å². The van der Waals surface area contributed by atoms with E-state index in [1.165, 1.54) is 32.4 Å². The number of nitrogens with one attached hydrogen (secondary N) is 2. The highest BCUT2D eigenvalue weighted by atomic mass is 16.5. The molecule has 2 aromatic rings. The normalized spacial score (nSPS) is 10.0. The van der Waals surface area contributed by atoms with Gasteiger partial charge in [0, 0.05) is 6.54 Å². The van der Waals surface area contributed by atoms with Gasteiger partial charge in [-0.15, -0.1) is 0 Å². The third kappa shape index (κ3) is 6.53. The summed E-state index contributed by atoms with van der Waals surface area (Å²) in [6, 6.07) is 11.3. The molecule has 0 aliphatic carbocycles. The lowest BCUT2D eigenvalue weighted by Crippen LogP contribution is -2.31. The summed E-state index contributed by atoms with van der Waals surface area (Å²) in [6.45, 7) is 2.80. The lowest BCUT2D eigenvalue weighted by molar-refractivity contribution is 0.0587. The zero-order chi connectivity index (χ0) is 21.2. The summed E-state index contributed by atoms with van der Waals surface area (Å²) in [5, 5.41) is 5.24. The van der Waals surface area contributed by atoms with Crippen molar-refractivity contribution in [2.75, 3.05) is 32.7 Å². The molecule has 8 heteroatoms. The number of benzene rings is 2. The molecule has 0 aliphatic heterocycles.